The second-order valence-corrected chi connectivity index (χ2v) is 11.2. The van der Waals surface area contributed by atoms with Crippen molar-refractivity contribution in [3.05, 3.63) is 59.7 Å². The predicted molar refractivity (Wildman–Crippen MR) is 89.2 cm³/mol. The summed E-state index contributed by atoms with van der Waals surface area (Å²) in [7, 11) is 0. The molecule has 0 aliphatic heterocycles. The van der Waals surface area contributed by atoms with Crippen molar-refractivity contribution in [1.29, 1.82) is 0 Å². The minimum atomic E-state index is -0.793. The fourth-order valence-corrected chi connectivity index (χ4v) is 5.73. The fourth-order valence-electron chi connectivity index (χ4n) is 2.76. The van der Waals surface area contributed by atoms with Gasteiger partial charge >= 0.3 is 137 Å². The van der Waals surface area contributed by atoms with Crippen molar-refractivity contribution in [2.24, 2.45) is 11.8 Å². The molecule has 0 aliphatic rings. The van der Waals surface area contributed by atoms with E-state index in [1.165, 1.54) is 24.0 Å². The van der Waals surface area contributed by atoms with Crippen molar-refractivity contribution in [3.8, 4) is 0 Å². The molecule has 0 aliphatic carbocycles. The second-order valence-electron chi connectivity index (χ2n) is 7.01. The molecule has 108 valence electrons. The van der Waals surface area contributed by atoms with Crippen molar-refractivity contribution < 1.29 is 17.1 Å². The normalized spacial score (nSPS) is 11.0. The summed E-state index contributed by atoms with van der Waals surface area (Å²) in [6.45, 7) is 9.13. The van der Waals surface area contributed by atoms with Gasteiger partial charge in [0.2, 0.25) is 0 Å². The zero-order chi connectivity index (χ0) is 15.2. The number of benzene rings is 2. The van der Waals surface area contributed by atoms with Gasteiger partial charge in [0.15, 0.2) is 0 Å². The predicted octanol–water partition coefficient (Wildman–Crippen LogP) is 4.12. The van der Waals surface area contributed by atoms with Gasteiger partial charge in [-0.15, -0.1) is 0 Å². The molecular formula is C20H26Zn. The molecule has 0 saturated carbocycles. The first-order valence-electron chi connectivity index (χ1n) is 8.18. The monoisotopic (exact) mass is 330 g/mol. The third-order valence-corrected chi connectivity index (χ3v) is 7.43. The van der Waals surface area contributed by atoms with E-state index in [1.807, 2.05) is 0 Å². The van der Waals surface area contributed by atoms with Crippen LogP contribution in [-0.4, -0.2) is 0 Å². The Morgan fingerprint density at radius 1 is 0.619 bits per heavy atom. The zero-order valence-electron chi connectivity index (χ0n) is 13.9. The van der Waals surface area contributed by atoms with E-state index in [2.05, 4.69) is 76.2 Å². The Kier molecular flexibility index (Phi) is 6.18. The van der Waals surface area contributed by atoms with E-state index in [-0.39, 0.29) is 0 Å². The fraction of sp³-hybridized carbons (Fsp3) is 0.400. The van der Waals surface area contributed by atoms with Crippen molar-refractivity contribution >= 4 is 8.32 Å². The van der Waals surface area contributed by atoms with E-state index in [4.69, 9.17) is 0 Å². The molecule has 0 fully saturated rings. The van der Waals surface area contributed by atoms with Crippen LogP contribution in [0.1, 0.15) is 38.8 Å². The second kappa shape index (κ2) is 7.90. The summed E-state index contributed by atoms with van der Waals surface area (Å²) in [4.78, 5) is 0. The van der Waals surface area contributed by atoms with E-state index < -0.39 is 17.1 Å². The Bertz CT molecular complexity index is 484. The summed E-state index contributed by atoms with van der Waals surface area (Å²) in [6.07, 6.45) is 2.38. The van der Waals surface area contributed by atoms with Gasteiger partial charge in [0.25, 0.3) is 0 Å². The number of rotatable bonds is 6. The molecule has 0 amide bonds. The molecule has 0 N–H and O–H groups in total. The maximum atomic E-state index is 2.36. The molecule has 0 spiro atoms. The van der Waals surface area contributed by atoms with Crippen LogP contribution in [0.15, 0.2) is 48.5 Å². The first-order valence-corrected chi connectivity index (χ1v) is 11.1. The Balaban J connectivity index is 1.97. The Labute approximate surface area is 137 Å². The average Bonchev–Trinajstić information content (AvgIpc) is 2.42. The van der Waals surface area contributed by atoms with Crippen molar-refractivity contribution in [2.45, 2.75) is 40.5 Å². The third kappa shape index (κ3) is 5.75. The summed E-state index contributed by atoms with van der Waals surface area (Å²) in [6, 6.07) is 18.8. The SMILES string of the molecule is CC(C)Cc1cc[c]([Zn][c]2ccc(CC(C)C)cc2)cc1. The summed E-state index contributed by atoms with van der Waals surface area (Å²) >= 11 is -0.793. The van der Waals surface area contributed by atoms with Crippen molar-refractivity contribution in [2.75, 3.05) is 0 Å². The molecule has 0 bridgehead atoms. The molecule has 0 radical (unpaired) electrons. The average molecular weight is 332 g/mol. The molecule has 1 heteroatoms. The maximum absolute atomic E-state index is 2.36. The molecule has 21 heavy (non-hydrogen) atoms. The van der Waals surface area contributed by atoms with E-state index in [1.54, 1.807) is 8.32 Å². The Morgan fingerprint density at radius 2 is 0.952 bits per heavy atom. The van der Waals surface area contributed by atoms with E-state index in [9.17, 15) is 0 Å². The van der Waals surface area contributed by atoms with Crippen LogP contribution >= 0.6 is 0 Å². The van der Waals surface area contributed by atoms with Crippen LogP contribution < -0.4 is 8.32 Å². The van der Waals surface area contributed by atoms with Gasteiger partial charge in [0.05, 0.1) is 0 Å². The molecule has 0 saturated heterocycles. The van der Waals surface area contributed by atoms with Gasteiger partial charge in [0, 0.05) is 0 Å². The number of hydrogen-bond donors (Lipinski definition) is 0. The van der Waals surface area contributed by atoms with Gasteiger partial charge in [-0.2, -0.15) is 0 Å². The zero-order valence-corrected chi connectivity index (χ0v) is 16.9. The molecular weight excluding hydrogens is 306 g/mol. The topological polar surface area (TPSA) is 0 Å². The molecule has 2 aromatic carbocycles. The van der Waals surface area contributed by atoms with E-state index >= 15 is 0 Å². The third-order valence-electron chi connectivity index (χ3n) is 3.74. The van der Waals surface area contributed by atoms with E-state index in [0.29, 0.717) is 0 Å². The van der Waals surface area contributed by atoms with Crippen LogP contribution in [0.4, 0.5) is 0 Å². The standard InChI is InChI=1S/2C10H13.Zn/c2*1-9(2)8-10-6-4-3-5-7-10;/h2*4-7,9H,8H2,1-2H3;. The summed E-state index contributed by atoms with van der Waals surface area (Å²) in [5, 5.41) is 0. The van der Waals surface area contributed by atoms with Crippen molar-refractivity contribution in [3.63, 3.8) is 0 Å². The summed E-state index contributed by atoms with van der Waals surface area (Å²) in [5.41, 5.74) is 2.95. The van der Waals surface area contributed by atoms with Crippen LogP contribution in [0.2, 0.25) is 0 Å². The van der Waals surface area contributed by atoms with Gasteiger partial charge in [-0.1, -0.05) is 0 Å². The molecule has 0 atom stereocenters. The van der Waals surface area contributed by atoms with Crippen LogP contribution in [0.25, 0.3) is 0 Å². The van der Waals surface area contributed by atoms with Crippen LogP contribution in [0, 0.1) is 11.8 Å². The van der Waals surface area contributed by atoms with Gasteiger partial charge in [-0.25, -0.2) is 0 Å². The molecule has 0 nitrogen and oxygen atoms in total. The van der Waals surface area contributed by atoms with Crippen molar-refractivity contribution in [1.82, 2.24) is 0 Å². The van der Waals surface area contributed by atoms with Gasteiger partial charge < -0.3 is 0 Å². The molecule has 2 rings (SSSR count). The summed E-state index contributed by atoms with van der Waals surface area (Å²) in [5.74, 6) is 1.48. The van der Waals surface area contributed by atoms with Crippen LogP contribution in [-0.2, 0) is 30.0 Å². The molecule has 0 aromatic heterocycles. The molecule has 2 aromatic rings. The first-order chi connectivity index (χ1) is 10.0. The Hall–Kier alpha value is -0.937. The van der Waals surface area contributed by atoms with Gasteiger partial charge in [-0.05, 0) is 0 Å². The van der Waals surface area contributed by atoms with E-state index in [0.717, 1.165) is 11.8 Å². The van der Waals surface area contributed by atoms with Gasteiger partial charge in [-0.3, -0.25) is 0 Å². The Morgan fingerprint density at radius 3 is 1.24 bits per heavy atom. The van der Waals surface area contributed by atoms with Crippen LogP contribution in [0.5, 0.6) is 0 Å². The van der Waals surface area contributed by atoms with Gasteiger partial charge in [0.1, 0.15) is 0 Å². The first kappa shape index (κ1) is 16.4. The molecule has 0 unspecified atom stereocenters. The quantitative estimate of drug-likeness (QED) is 0.699. The minimum absolute atomic E-state index is 0.742. The number of hydrogen-bond acceptors (Lipinski definition) is 0. The van der Waals surface area contributed by atoms with Crippen LogP contribution in [0.3, 0.4) is 0 Å². The molecule has 0 heterocycles. The summed E-state index contributed by atoms with van der Waals surface area (Å²) < 4.78 is 3.18.